The van der Waals surface area contributed by atoms with Crippen LogP contribution in [-0.4, -0.2) is 48.0 Å². The monoisotopic (exact) mass is 266 g/mol. The molecular formula is C14H26N4O. The summed E-state index contributed by atoms with van der Waals surface area (Å²) in [6.45, 7) is 5.83. The van der Waals surface area contributed by atoms with E-state index in [0.717, 1.165) is 26.1 Å². The van der Waals surface area contributed by atoms with Crippen LogP contribution in [0.5, 0.6) is 0 Å². The van der Waals surface area contributed by atoms with E-state index in [1.807, 2.05) is 11.7 Å². The van der Waals surface area contributed by atoms with Crippen molar-refractivity contribution in [2.45, 2.75) is 25.8 Å². The highest BCUT2D eigenvalue weighted by Crippen LogP contribution is 2.29. The molecule has 1 aliphatic heterocycles. The zero-order chi connectivity index (χ0) is 13.8. The van der Waals surface area contributed by atoms with E-state index in [2.05, 4.69) is 23.1 Å². The summed E-state index contributed by atoms with van der Waals surface area (Å²) in [4.78, 5) is 2.49. The summed E-state index contributed by atoms with van der Waals surface area (Å²) in [6.07, 6.45) is 4.29. The van der Waals surface area contributed by atoms with Crippen molar-refractivity contribution in [2.75, 3.05) is 33.4 Å². The van der Waals surface area contributed by atoms with Gasteiger partial charge in [0.25, 0.3) is 0 Å². The lowest BCUT2D eigenvalue weighted by Gasteiger charge is -2.26. The maximum Gasteiger partial charge on any atom is 0.0670 e. The normalized spacial score (nSPS) is 22.0. The number of nitrogens with zero attached hydrogens (tertiary/aromatic N) is 3. The third-order valence-electron chi connectivity index (χ3n) is 4.02. The Balaban J connectivity index is 2.11. The molecule has 1 fully saturated rings. The molecule has 0 aliphatic carbocycles. The predicted molar refractivity (Wildman–Crippen MR) is 75.9 cm³/mol. The van der Waals surface area contributed by atoms with Crippen molar-refractivity contribution in [3.8, 4) is 0 Å². The number of aryl methyl sites for hydroxylation is 2. The Bertz CT molecular complexity index is 404. The van der Waals surface area contributed by atoms with Gasteiger partial charge in [0, 0.05) is 39.0 Å². The minimum absolute atomic E-state index is 0.297. The summed E-state index contributed by atoms with van der Waals surface area (Å²) < 4.78 is 7.17. The first-order chi connectivity index (χ1) is 9.19. The quantitative estimate of drug-likeness (QED) is 0.833. The van der Waals surface area contributed by atoms with Gasteiger partial charge in [0.2, 0.25) is 0 Å². The molecular weight excluding hydrogens is 240 g/mol. The van der Waals surface area contributed by atoms with Gasteiger partial charge in [-0.1, -0.05) is 6.92 Å². The highest BCUT2D eigenvalue weighted by Gasteiger charge is 2.30. The molecule has 2 heterocycles. The Labute approximate surface area is 115 Å². The van der Waals surface area contributed by atoms with Crippen molar-refractivity contribution in [2.24, 2.45) is 18.7 Å². The number of aromatic nitrogens is 2. The van der Waals surface area contributed by atoms with Crippen LogP contribution in [0.15, 0.2) is 6.20 Å². The van der Waals surface area contributed by atoms with Gasteiger partial charge in [-0.15, -0.1) is 0 Å². The Kier molecular flexibility index (Phi) is 4.96. The molecule has 2 unspecified atom stereocenters. The Morgan fingerprint density at radius 3 is 3.00 bits per heavy atom. The average molecular weight is 266 g/mol. The van der Waals surface area contributed by atoms with E-state index >= 15 is 0 Å². The Morgan fingerprint density at radius 2 is 2.37 bits per heavy atom. The molecule has 2 atom stereocenters. The molecule has 0 radical (unpaired) electrons. The van der Waals surface area contributed by atoms with E-state index in [-0.39, 0.29) is 0 Å². The fourth-order valence-corrected chi connectivity index (χ4v) is 3.10. The topological polar surface area (TPSA) is 56.3 Å². The molecule has 2 N–H and O–H groups in total. The maximum absolute atomic E-state index is 6.03. The molecule has 0 bridgehead atoms. The third kappa shape index (κ3) is 3.16. The van der Waals surface area contributed by atoms with Crippen LogP contribution in [0, 0.1) is 5.92 Å². The molecule has 0 amide bonds. The lowest BCUT2D eigenvalue weighted by atomic mass is 10.1. The number of nitrogens with two attached hydrogens (primary N) is 1. The molecule has 1 aliphatic rings. The van der Waals surface area contributed by atoms with Crippen LogP contribution in [0.2, 0.25) is 0 Å². The number of methoxy groups -OCH3 is 1. The molecule has 1 saturated heterocycles. The van der Waals surface area contributed by atoms with E-state index in [1.54, 1.807) is 7.11 Å². The van der Waals surface area contributed by atoms with Gasteiger partial charge in [-0.3, -0.25) is 9.58 Å². The second kappa shape index (κ2) is 6.50. The summed E-state index contributed by atoms with van der Waals surface area (Å²) in [5.74, 6) is 0.640. The highest BCUT2D eigenvalue weighted by molar-refractivity contribution is 5.22. The molecule has 108 valence electrons. The molecule has 0 saturated carbocycles. The van der Waals surface area contributed by atoms with E-state index < -0.39 is 0 Å². The molecule has 5 heteroatoms. The van der Waals surface area contributed by atoms with Crippen LogP contribution in [0.1, 0.15) is 30.6 Å². The number of likely N-dealkylation sites (tertiary alicyclic amines) is 1. The van der Waals surface area contributed by atoms with Crippen molar-refractivity contribution in [3.63, 3.8) is 0 Å². The standard InChI is InChI=1S/C14H26N4O/c1-4-13-12(9-17(2)16-13)14(7-15)18-6-5-11(8-18)10-19-3/h9,11,14H,4-8,10,15H2,1-3H3. The zero-order valence-electron chi connectivity index (χ0n) is 12.3. The minimum Gasteiger partial charge on any atom is -0.384 e. The Hall–Kier alpha value is -0.910. The smallest absolute Gasteiger partial charge is 0.0670 e. The van der Waals surface area contributed by atoms with Crippen LogP contribution >= 0.6 is 0 Å². The summed E-state index contributed by atoms with van der Waals surface area (Å²) >= 11 is 0. The van der Waals surface area contributed by atoms with E-state index in [0.29, 0.717) is 18.5 Å². The number of ether oxygens (including phenoxy) is 1. The fraction of sp³-hybridized carbons (Fsp3) is 0.786. The molecule has 2 rings (SSSR count). The number of hydrogen-bond acceptors (Lipinski definition) is 4. The lowest BCUT2D eigenvalue weighted by Crippen LogP contribution is -2.32. The van der Waals surface area contributed by atoms with Crippen LogP contribution in [0.4, 0.5) is 0 Å². The lowest BCUT2D eigenvalue weighted by molar-refractivity contribution is 0.147. The van der Waals surface area contributed by atoms with Crippen LogP contribution in [-0.2, 0) is 18.2 Å². The minimum atomic E-state index is 0.297. The van der Waals surface area contributed by atoms with Gasteiger partial charge in [-0.2, -0.15) is 5.10 Å². The third-order valence-corrected chi connectivity index (χ3v) is 4.02. The molecule has 19 heavy (non-hydrogen) atoms. The maximum atomic E-state index is 6.03. The van der Waals surface area contributed by atoms with Gasteiger partial charge in [-0.05, 0) is 25.3 Å². The molecule has 1 aromatic rings. The first-order valence-corrected chi connectivity index (χ1v) is 7.15. The van der Waals surface area contributed by atoms with Crippen molar-refractivity contribution >= 4 is 0 Å². The summed E-state index contributed by atoms with van der Waals surface area (Å²) in [5, 5.41) is 4.53. The predicted octanol–water partition coefficient (Wildman–Crippen LogP) is 0.951. The van der Waals surface area contributed by atoms with Gasteiger partial charge >= 0.3 is 0 Å². The van der Waals surface area contributed by atoms with Crippen LogP contribution in [0.3, 0.4) is 0 Å². The first kappa shape index (κ1) is 14.5. The SMILES string of the molecule is CCc1nn(C)cc1C(CN)N1CCC(COC)C1. The van der Waals surface area contributed by atoms with Crippen molar-refractivity contribution in [1.29, 1.82) is 0 Å². The van der Waals surface area contributed by atoms with Gasteiger partial charge in [0.15, 0.2) is 0 Å². The Morgan fingerprint density at radius 1 is 1.58 bits per heavy atom. The highest BCUT2D eigenvalue weighted by atomic mass is 16.5. The largest absolute Gasteiger partial charge is 0.384 e. The molecule has 1 aromatic heterocycles. The molecule has 5 nitrogen and oxygen atoms in total. The number of rotatable bonds is 6. The second-order valence-electron chi connectivity index (χ2n) is 5.41. The zero-order valence-corrected chi connectivity index (χ0v) is 12.3. The van der Waals surface area contributed by atoms with Crippen molar-refractivity contribution in [1.82, 2.24) is 14.7 Å². The van der Waals surface area contributed by atoms with E-state index in [4.69, 9.17) is 10.5 Å². The van der Waals surface area contributed by atoms with Gasteiger partial charge < -0.3 is 10.5 Å². The van der Waals surface area contributed by atoms with Crippen LogP contribution in [0.25, 0.3) is 0 Å². The average Bonchev–Trinajstić information content (AvgIpc) is 2.98. The second-order valence-corrected chi connectivity index (χ2v) is 5.41. The van der Waals surface area contributed by atoms with Gasteiger partial charge in [0.1, 0.15) is 0 Å². The fourth-order valence-electron chi connectivity index (χ4n) is 3.10. The van der Waals surface area contributed by atoms with E-state index in [1.165, 1.54) is 17.7 Å². The molecule has 0 spiro atoms. The summed E-state index contributed by atoms with van der Waals surface area (Å²) in [5.41, 5.74) is 8.50. The van der Waals surface area contributed by atoms with Crippen molar-refractivity contribution in [3.05, 3.63) is 17.5 Å². The van der Waals surface area contributed by atoms with Crippen molar-refractivity contribution < 1.29 is 4.74 Å². The van der Waals surface area contributed by atoms with Gasteiger partial charge in [-0.25, -0.2) is 0 Å². The van der Waals surface area contributed by atoms with Gasteiger partial charge in [0.05, 0.1) is 18.3 Å². The first-order valence-electron chi connectivity index (χ1n) is 7.15. The van der Waals surface area contributed by atoms with Crippen LogP contribution < -0.4 is 5.73 Å². The molecule has 0 aromatic carbocycles. The summed E-state index contributed by atoms with van der Waals surface area (Å²) in [6, 6.07) is 0.297. The van der Waals surface area contributed by atoms with E-state index in [9.17, 15) is 0 Å². The number of hydrogen-bond donors (Lipinski definition) is 1. The summed E-state index contributed by atoms with van der Waals surface area (Å²) in [7, 11) is 3.76.